The molecule has 2 aliphatic rings. The van der Waals surface area contributed by atoms with Crippen molar-refractivity contribution in [1.29, 1.82) is 0 Å². The van der Waals surface area contributed by atoms with Gasteiger partial charge in [-0.05, 0) is 35.7 Å². The molecule has 2 aliphatic heterocycles. The molecule has 0 saturated carbocycles. The summed E-state index contributed by atoms with van der Waals surface area (Å²) >= 11 is 6.02. The van der Waals surface area contributed by atoms with Crippen molar-refractivity contribution in [3.63, 3.8) is 0 Å². The summed E-state index contributed by atoms with van der Waals surface area (Å²) in [4.78, 5) is 29.0. The average molecular weight is 429 g/mol. The van der Waals surface area contributed by atoms with Crippen molar-refractivity contribution in [2.45, 2.75) is 13.0 Å². The van der Waals surface area contributed by atoms with E-state index in [1.807, 2.05) is 18.2 Å². The first-order chi connectivity index (χ1) is 14.6. The number of amides is 1. The second kappa shape index (κ2) is 9.49. The van der Waals surface area contributed by atoms with Crippen LogP contribution in [-0.2, 0) is 27.3 Å². The molecule has 0 aromatic heterocycles. The van der Waals surface area contributed by atoms with E-state index < -0.39 is 11.9 Å². The highest BCUT2D eigenvalue weighted by molar-refractivity contribution is 6.30. The third-order valence-electron chi connectivity index (χ3n) is 5.57. The van der Waals surface area contributed by atoms with Crippen molar-refractivity contribution in [3.8, 4) is 5.75 Å². The molecule has 0 N–H and O–H groups in total. The molecule has 2 aromatic carbocycles. The van der Waals surface area contributed by atoms with Gasteiger partial charge in [0.25, 0.3) is 5.91 Å². The van der Waals surface area contributed by atoms with E-state index in [2.05, 4.69) is 17.0 Å². The standard InChI is InChI=1S/C23H25ClN2O4/c24-20-6-7-21-18(13-20)12-19(15-29-21)23(28)30-16-22(27)26-10-8-25(9-11-26)14-17-4-2-1-3-5-17/h1-7,13,19H,8-12,14-16H2. The number of esters is 1. The third kappa shape index (κ3) is 5.12. The van der Waals surface area contributed by atoms with Crippen LogP contribution in [0.3, 0.4) is 0 Å². The molecule has 0 aliphatic carbocycles. The van der Waals surface area contributed by atoms with Crippen molar-refractivity contribution in [2.75, 3.05) is 39.4 Å². The van der Waals surface area contributed by atoms with Crippen LogP contribution in [0.1, 0.15) is 11.1 Å². The van der Waals surface area contributed by atoms with Crippen LogP contribution in [0.5, 0.6) is 5.75 Å². The average Bonchev–Trinajstić information content (AvgIpc) is 2.78. The van der Waals surface area contributed by atoms with Gasteiger partial charge in [0.05, 0.1) is 5.92 Å². The number of fused-ring (bicyclic) bond motifs is 1. The summed E-state index contributed by atoms with van der Waals surface area (Å²) in [5, 5.41) is 0.605. The van der Waals surface area contributed by atoms with E-state index in [9.17, 15) is 9.59 Å². The van der Waals surface area contributed by atoms with E-state index in [4.69, 9.17) is 21.1 Å². The number of hydrogen-bond acceptors (Lipinski definition) is 5. The molecule has 0 bridgehead atoms. The highest BCUT2D eigenvalue weighted by atomic mass is 35.5. The van der Waals surface area contributed by atoms with Gasteiger partial charge in [-0.25, -0.2) is 0 Å². The fourth-order valence-corrected chi connectivity index (χ4v) is 4.05. The Balaban J connectivity index is 1.21. The molecule has 6 nitrogen and oxygen atoms in total. The SMILES string of the molecule is O=C(OCC(=O)N1CCN(Cc2ccccc2)CC1)C1COc2ccc(Cl)cc2C1. The summed E-state index contributed by atoms with van der Waals surface area (Å²) in [5.74, 6) is -0.237. The molecule has 1 saturated heterocycles. The Labute approximate surface area is 181 Å². The lowest BCUT2D eigenvalue weighted by molar-refractivity contribution is -0.157. The van der Waals surface area contributed by atoms with Crippen LogP contribution < -0.4 is 4.74 Å². The molecule has 30 heavy (non-hydrogen) atoms. The van der Waals surface area contributed by atoms with Gasteiger partial charge in [-0.3, -0.25) is 14.5 Å². The maximum Gasteiger partial charge on any atom is 0.313 e. The smallest absolute Gasteiger partial charge is 0.313 e. The summed E-state index contributed by atoms with van der Waals surface area (Å²) in [7, 11) is 0. The Kier molecular flexibility index (Phi) is 6.55. The van der Waals surface area contributed by atoms with E-state index in [-0.39, 0.29) is 19.1 Å². The number of ether oxygens (including phenoxy) is 2. The molecule has 2 heterocycles. The quantitative estimate of drug-likeness (QED) is 0.685. The number of piperazine rings is 1. The van der Waals surface area contributed by atoms with Crippen LogP contribution in [-0.4, -0.2) is 61.1 Å². The van der Waals surface area contributed by atoms with E-state index >= 15 is 0 Å². The van der Waals surface area contributed by atoms with Gasteiger partial charge in [0.2, 0.25) is 0 Å². The minimum absolute atomic E-state index is 0.150. The van der Waals surface area contributed by atoms with Crippen molar-refractivity contribution >= 4 is 23.5 Å². The molecule has 7 heteroatoms. The third-order valence-corrected chi connectivity index (χ3v) is 5.81. The summed E-state index contributed by atoms with van der Waals surface area (Å²) in [6.45, 7) is 3.80. The Hall–Kier alpha value is -2.57. The number of hydrogen-bond donors (Lipinski definition) is 0. The Bertz CT molecular complexity index is 897. The summed E-state index contributed by atoms with van der Waals surface area (Å²) < 4.78 is 10.9. The lowest BCUT2D eigenvalue weighted by atomic mass is 9.97. The number of carbonyl (C=O) groups is 2. The molecule has 4 rings (SSSR count). The molecule has 0 spiro atoms. The van der Waals surface area contributed by atoms with E-state index in [0.29, 0.717) is 24.5 Å². The predicted octanol–water partition coefficient (Wildman–Crippen LogP) is 2.78. The van der Waals surface area contributed by atoms with E-state index in [1.165, 1.54) is 5.56 Å². The zero-order valence-corrected chi connectivity index (χ0v) is 17.5. The lowest BCUT2D eigenvalue weighted by Gasteiger charge is -2.34. The number of carbonyl (C=O) groups excluding carboxylic acids is 2. The molecule has 1 atom stereocenters. The van der Waals surface area contributed by atoms with Crippen molar-refractivity contribution in [1.82, 2.24) is 9.80 Å². The summed E-state index contributed by atoms with van der Waals surface area (Å²) in [6, 6.07) is 15.7. The minimum Gasteiger partial charge on any atom is -0.492 e. The van der Waals surface area contributed by atoms with Crippen LogP contribution in [0.15, 0.2) is 48.5 Å². The minimum atomic E-state index is -0.425. The molecule has 2 aromatic rings. The maximum atomic E-state index is 12.5. The van der Waals surface area contributed by atoms with Gasteiger partial charge in [0.1, 0.15) is 12.4 Å². The van der Waals surface area contributed by atoms with Crippen LogP contribution in [0.4, 0.5) is 0 Å². The van der Waals surface area contributed by atoms with Crippen molar-refractivity contribution in [3.05, 3.63) is 64.7 Å². The monoisotopic (exact) mass is 428 g/mol. The zero-order valence-electron chi connectivity index (χ0n) is 16.8. The lowest BCUT2D eigenvalue weighted by Crippen LogP contribution is -2.49. The van der Waals surface area contributed by atoms with Gasteiger partial charge in [-0.1, -0.05) is 41.9 Å². The Morgan fingerprint density at radius 2 is 1.83 bits per heavy atom. The first-order valence-corrected chi connectivity index (χ1v) is 10.6. The first kappa shape index (κ1) is 20.7. The Morgan fingerprint density at radius 3 is 2.60 bits per heavy atom. The van der Waals surface area contributed by atoms with Crippen LogP contribution in [0.25, 0.3) is 0 Å². The highest BCUT2D eigenvalue weighted by Crippen LogP contribution is 2.30. The first-order valence-electron chi connectivity index (χ1n) is 10.2. The molecule has 1 unspecified atom stereocenters. The molecule has 1 fully saturated rings. The summed E-state index contributed by atoms with van der Waals surface area (Å²) in [6.07, 6.45) is 0.501. The second-order valence-corrected chi connectivity index (χ2v) is 8.15. The van der Waals surface area contributed by atoms with Gasteiger partial charge in [0.15, 0.2) is 6.61 Å². The summed E-state index contributed by atoms with van der Waals surface area (Å²) in [5.41, 5.74) is 2.15. The number of nitrogens with zero attached hydrogens (tertiary/aromatic N) is 2. The van der Waals surface area contributed by atoms with E-state index in [0.717, 1.165) is 30.9 Å². The zero-order chi connectivity index (χ0) is 20.9. The van der Waals surface area contributed by atoms with Gasteiger partial charge in [-0.2, -0.15) is 0 Å². The maximum absolute atomic E-state index is 12.5. The fraction of sp³-hybridized carbons (Fsp3) is 0.391. The molecular formula is C23H25ClN2O4. The fourth-order valence-electron chi connectivity index (χ4n) is 3.85. The van der Waals surface area contributed by atoms with Crippen molar-refractivity contribution in [2.24, 2.45) is 5.92 Å². The van der Waals surface area contributed by atoms with Gasteiger partial charge in [0, 0.05) is 37.7 Å². The number of rotatable bonds is 5. The molecular weight excluding hydrogens is 404 g/mol. The predicted molar refractivity (Wildman–Crippen MR) is 113 cm³/mol. The highest BCUT2D eigenvalue weighted by Gasteiger charge is 2.29. The van der Waals surface area contributed by atoms with Crippen LogP contribution >= 0.6 is 11.6 Å². The van der Waals surface area contributed by atoms with Crippen molar-refractivity contribution < 1.29 is 19.1 Å². The van der Waals surface area contributed by atoms with E-state index in [1.54, 1.807) is 23.1 Å². The number of halogens is 1. The molecule has 0 radical (unpaired) electrons. The molecule has 1 amide bonds. The largest absolute Gasteiger partial charge is 0.492 e. The van der Waals surface area contributed by atoms with Gasteiger partial charge < -0.3 is 14.4 Å². The Morgan fingerprint density at radius 1 is 1.07 bits per heavy atom. The van der Waals surface area contributed by atoms with Crippen LogP contribution in [0.2, 0.25) is 5.02 Å². The van der Waals surface area contributed by atoms with Crippen LogP contribution in [0, 0.1) is 5.92 Å². The number of benzene rings is 2. The van der Waals surface area contributed by atoms with Gasteiger partial charge in [-0.15, -0.1) is 0 Å². The van der Waals surface area contributed by atoms with Gasteiger partial charge >= 0.3 is 5.97 Å². The molecule has 158 valence electrons. The normalized spacial score (nSPS) is 19.0. The topological polar surface area (TPSA) is 59.1 Å². The second-order valence-electron chi connectivity index (χ2n) is 7.71.